The number of nitrogens with one attached hydrogen (secondary N) is 1. The molecule has 2 aromatic rings. The molecule has 0 saturated heterocycles. The van der Waals surface area contributed by atoms with Gasteiger partial charge in [0.05, 0.1) is 0 Å². The Morgan fingerprint density at radius 1 is 1.44 bits per heavy atom. The van der Waals surface area contributed by atoms with Gasteiger partial charge in [0.2, 0.25) is 0 Å². The molecule has 96 valence electrons. The highest BCUT2D eigenvalue weighted by molar-refractivity contribution is 5.88. The molecule has 1 aromatic carbocycles. The molecule has 1 heterocycles. The van der Waals surface area contributed by atoms with Crippen LogP contribution in [0.25, 0.3) is 10.9 Å². The highest BCUT2D eigenvalue weighted by Gasteiger charge is 2.19. The van der Waals surface area contributed by atoms with Gasteiger partial charge in [0.1, 0.15) is 0 Å². The van der Waals surface area contributed by atoms with Crippen molar-refractivity contribution >= 4 is 10.9 Å². The van der Waals surface area contributed by atoms with Crippen molar-refractivity contribution in [3.05, 3.63) is 35.0 Å². The largest absolute Gasteiger partial charge is 0.361 e. The molecule has 1 aromatic heterocycles. The molecule has 3 rings (SSSR count). The van der Waals surface area contributed by atoms with Gasteiger partial charge >= 0.3 is 0 Å². The van der Waals surface area contributed by atoms with Gasteiger partial charge in [-0.25, -0.2) is 0 Å². The smallest absolute Gasteiger partial charge is 0.0459 e. The minimum absolute atomic E-state index is 0.223. The summed E-state index contributed by atoms with van der Waals surface area (Å²) in [6.07, 6.45) is 6.88. The van der Waals surface area contributed by atoms with Gasteiger partial charge in [-0.15, -0.1) is 0 Å². The number of aryl methyl sites for hydroxylation is 1. The molecule has 0 fully saturated rings. The average Bonchev–Trinajstić information content (AvgIpc) is 2.72. The second-order valence-corrected chi connectivity index (χ2v) is 5.97. The van der Waals surface area contributed by atoms with E-state index in [0.29, 0.717) is 0 Å². The van der Waals surface area contributed by atoms with E-state index in [-0.39, 0.29) is 6.04 Å². The summed E-state index contributed by atoms with van der Waals surface area (Å²) in [5.41, 5.74) is 11.8. The first kappa shape index (κ1) is 11.8. The molecule has 0 amide bonds. The van der Waals surface area contributed by atoms with Crippen LogP contribution in [0, 0.1) is 5.92 Å². The van der Waals surface area contributed by atoms with Crippen LogP contribution in [-0.2, 0) is 19.3 Å². The SMILES string of the molecule is C[C@H]1CCc2ccc3[nH]cc(C[C@H](C)N)c3c2C1. The molecule has 1 aliphatic carbocycles. The van der Waals surface area contributed by atoms with E-state index in [0.717, 1.165) is 12.3 Å². The number of rotatable bonds is 2. The Morgan fingerprint density at radius 2 is 2.28 bits per heavy atom. The lowest BCUT2D eigenvalue weighted by Gasteiger charge is -2.23. The van der Waals surface area contributed by atoms with Gasteiger partial charge in [0, 0.05) is 23.1 Å². The summed E-state index contributed by atoms with van der Waals surface area (Å²) in [5.74, 6) is 0.807. The Morgan fingerprint density at radius 3 is 3.06 bits per heavy atom. The Kier molecular flexibility index (Phi) is 2.90. The van der Waals surface area contributed by atoms with Gasteiger partial charge in [-0.05, 0) is 61.3 Å². The number of nitrogens with two attached hydrogens (primary N) is 1. The highest BCUT2D eigenvalue weighted by Crippen LogP contribution is 2.33. The van der Waals surface area contributed by atoms with Crippen LogP contribution in [-0.4, -0.2) is 11.0 Å². The Hall–Kier alpha value is -1.28. The molecule has 0 spiro atoms. The summed E-state index contributed by atoms with van der Waals surface area (Å²) in [7, 11) is 0. The van der Waals surface area contributed by atoms with Crippen molar-refractivity contribution in [3.8, 4) is 0 Å². The van der Waals surface area contributed by atoms with Crippen molar-refractivity contribution in [2.45, 2.75) is 45.6 Å². The van der Waals surface area contributed by atoms with Crippen molar-refractivity contribution < 1.29 is 0 Å². The van der Waals surface area contributed by atoms with E-state index in [2.05, 4.69) is 37.2 Å². The van der Waals surface area contributed by atoms with Crippen LogP contribution >= 0.6 is 0 Å². The van der Waals surface area contributed by atoms with Crippen LogP contribution < -0.4 is 5.73 Å². The number of hydrogen-bond acceptors (Lipinski definition) is 1. The van der Waals surface area contributed by atoms with Crippen LogP contribution in [0.4, 0.5) is 0 Å². The van der Waals surface area contributed by atoms with Gasteiger partial charge in [-0.2, -0.15) is 0 Å². The molecule has 0 unspecified atom stereocenters. The molecule has 0 saturated carbocycles. The minimum Gasteiger partial charge on any atom is -0.361 e. The first-order chi connectivity index (χ1) is 8.65. The second-order valence-electron chi connectivity index (χ2n) is 5.97. The number of H-pyrrole nitrogens is 1. The molecular weight excluding hydrogens is 220 g/mol. The predicted molar refractivity (Wildman–Crippen MR) is 76.8 cm³/mol. The molecule has 1 aliphatic rings. The topological polar surface area (TPSA) is 41.8 Å². The fraction of sp³-hybridized carbons (Fsp3) is 0.500. The standard InChI is InChI=1S/C16H22N2/c1-10-3-4-12-5-6-15-16(14(12)7-10)13(9-18-15)8-11(2)17/h5-6,9-11,18H,3-4,7-8,17H2,1-2H3/t10-,11-/m0/s1. The van der Waals surface area contributed by atoms with Gasteiger partial charge in [0.15, 0.2) is 0 Å². The molecule has 0 bridgehead atoms. The number of hydrogen-bond donors (Lipinski definition) is 2. The third kappa shape index (κ3) is 1.95. The number of fused-ring (bicyclic) bond motifs is 3. The van der Waals surface area contributed by atoms with Gasteiger partial charge < -0.3 is 10.7 Å². The first-order valence-electron chi connectivity index (χ1n) is 7.01. The predicted octanol–water partition coefficient (Wildman–Crippen LogP) is 3.18. The molecule has 2 heteroatoms. The van der Waals surface area contributed by atoms with E-state index in [1.54, 1.807) is 11.1 Å². The van der Waals surface area contributed by atoms with Crippen LogP contribution in [0.2, 0.25) is 0 Å². The van der Waals surface area contributed by atoms with Crippen LogP contribution in [0.3, 0.4) is 0 Å². The monoisotopic (exact) mass is 242 g/mol. The quantitative estimate of drug-likeness (QED) is 0.834. The fourth-order valence-corrected chi connectivity index (χ4v) is 3.24. The van der Waals surface area contributed by atoms with Gasteiger partial charge in [-0.3, -0.25) is 0 Å². The second kappa shape index (κ2) is 4.43. The number of aromatic nitrogens is 1. The summed E-state index contributed by atoms with van der Waals surface area (Å²) >= 11 is 0. The maximum Gasteiger partial charge on any atom is 0.0459 e. The lowest BCUT2D eigenvalue weighted by atomic mass is 9.82. The minimum atomic E-state index is 0.223. The summed E-state index contributed by atoms with van der Waals surface area (Å²) in [6, 6.07) is 4.76. The maximum atomic E-state index is 5.96. The number of benzene rings is 1. The summed E-state index contributed by atoms with van der Waals surface area (Å²) in [5, 5.41) is 1.45. The van der Waals surface area contributed by atoms with E-state index >= 15 is 0 Å². The van der Waals surface area contributed by atoms with E-state index in [9.17, 15) is 0 Å². The highest BCUT2D eigenvalue weighted by atomic mass is 14.7. The zero-order valence-electron chi connectivity index (χ0n) is 11.3. The summed E-state index contributed by atoms with van der Waals surface area (Å²) < 4.78 is 0. The van der Waals surface area contributed by atoms with Crippen molar-refractivity contribution in [2.24, 2.45) is 11.7 Å². The fourth-order valence-electron chi connectivity index (χ4n) is 3.24. The lowest BCUT2D eigenvalue weighted by molar-refractivity contribution is 0.503. The Labute approximate surface area is 109 Å². The summed E-state index contributed by atoms with van der Waals surface area (Å²) in [4.78, 5) is 3.40. The molecule has 3 N–H and O–H groups in total. The summed E-state index contributed by atoms with van der Waals surface area (Å²) in [6.45, 7) is 4.44. The van der Waals surface area contributed by atoms with E-state index in [4.69, 9.17) is 5.73 Å². The van der Waals surface area contributed by atoms with Crippen LogP contribution in [0.5, 0.6) is 0 Å². The van der Waals surface area contributed by atoms with E-state index in [1.165, 1.54) is 35.7 Å². The van der Waals surface area contributed by atoms with E-state index in [1.807, 2.05) is 0 Å². The Balaban J connectivity index is 2.16. The molecule has 2 nitrogen and oxygen atoms in total. The number of aromatic amines is 1. The lowest BCUT2D eigenvalue weighted by Crippen LogP contribution is -2.18. The normalized spacial score (nSPS) is 20.9. The first-order valence-corrected chi connectivity index (χ1v) is 7.01. The van der Waals surface area contributed by atoms with Crippen LogP contribution in [0.1, 0.15) is 37.0 Å². The van der Waals surface area contributed by atoms with Gasteiger partial charge in [0.25, 0.3) is 0 Å². The van der Waals surface area contributed by atoms with Gasteiger partial charge in [-0.1, -0.05) is 13.0 Å². The van der Waals surface area contributed by atoms with Crippen molar-refractivity contribution in [1.82, 2.24) is 4.98 Å². The zero-order chi connectivity index (χ0) is 12.7. The van der Waals surface area contributed by atoms with Crippen molar-refractivity contribution in [2.75, 3.05) is 0 Å². The average molecular weight is 242 g/mol. The zero-order valence-corrected chi connectivity index (χ0v) is 11.3. The van der Waals surface area contributed by atoms with E-state index < -0.39 is 0 Å². The molecule has 2 atom stereocenters. The molecular formula is C16H22N2. The Bertz CT molecular complexity index is 566. The maximum absolute atomic E-state index is 5.96. The van der Waals surface area contributed by atoms with Crippen molar-refractivity contribution in [3.63, 3.8) is 0 Å². The third-order valence-electron chi connectivity index (χ3n) is 4.13. The molecule has 18 heavy (non-hydrogen) atoms. The van der Waals surface area contributed by atoms with Crippen molar-refractivity contribution in [1.29, 1.82) is 0 Å². The third-order valence-corrected chi connectivity index (χ3v) is 4.13. The van der Waals surface area contributed by atoms with Crippen LogP contribution in [0.15, 0.2) is 18.3 Å². The molecule has 0 radical (unpaired) electrons. The molecule has 0 aliphatic heterocycles.